The lowest BCUT2D eigenvalue weighted by molar-refractivity contribution is 0.411. The minimum atomic E-state index is -1.44. The number of halogens is 1. The SMILES string of the molecule is COc1ccc(B(O)O)cc1Br. The average molecular weight is 231 g/mol. The molecule has 0 aliphatic heterocycles. The molecule has 0 aromatic heterocycles. The van der Waals surface area contributed by atoms with Crippen molar-refractivity contribution in [1.29, 1.82) is 0 Å². The number of benzene rings is 1. The molecule has 1 rings (SSSR count). The van der Waals surface area contributed by atoms with Gasteiger partial charge in [-0.2, -0.15) is 0 Å². The molecule has 2 N–H and O–H groups in total. The number of hydrogen-bond acceptors (Lipinski definition) is 3. The summed E-state index contributed by atoms with van der Waals surface area (Å²) in [6.07, 6.45) is 0. The fraction of sp³-hybridized carbons (Fsp3) is 0.143. The molecule has 0 heterocycles. The Morgan fingerprint density at radius 1 is 1.42 bits per heavy atom. The van der Waals surface area contributed by atoms with Crippen molar-refractivity contribution in [2.45, 2.75) is 0 Å². The summed E-state index contributed by atoms with van der Waals surface area (Å²) >= 11 is 3.23. The Bertz CT molecular complexity index is 277. The average Bonchev–Trinajstić information content (AvgIpc) is 2.04. The number of hydrogen-bond donors (Lipinski definition) is 2. The summed E-state index contributed by atoms with van der Waals surface area (Å²) in [4.78, 5) is 0. The first kappa shape index (κ1) is 9.57. The van der Waals surface area contributed by atoms with Crippen molar-refractivity contribution < 1.29 is 14.8 Å². The maximum absolute atomic E-state index is 8.81. The van der Waals surface area contributed by atoms with Gasteiger partial charge in [0.15, 0.2) is 0 Å². The summed E-state index contributed by atoms with van der Waals surface area (Å²) in [6.45, 7) is 0. The molecule has 0 fully saturated rings. The van der Waals surface area contributed by atoms with Crippen molar-refractivity contribution in [3.8, 4) is 5.75 Å². The topological polar surface area (TPSA) is 49.7 Å². The lowest BCUT2D eigenvalue weighted by atomic mass is 9.80. The monoisotopic (exact) mass is 230 g/mol. The maximum Gasteiger partial charge on any atom is 0.488 e. The highest BCUT2D eigenvalue weighted by molar-refractivity contribution is 9.10. The second-order valence-electron chi connectivity index (χ2n) is 2.27. The number of methoxy groups -OCH3 is 1. The molecule has 3 nitrogen and oxygen atoms in total. The molecule has 0 amide bonds. The van der Waals surface area contributed by atoms with Gasteiger partial charge in [-0.05, 0) is 33.5 Å². The molecule has 0 spiro atoms. The van der Waals surface area contributed by atoms with Crippen molar-refractivity contribution >= 4 is 28.5 Å². The quantitative estimate of drug-likeness (QED) is 0.711. The highest BCUT2D eigenvalue weighted by Crippen LogP contribution is 2.22. The molecule has 1 aromatic carbocycles. The minimum absolute atomic E-state index is 0.433. The van der Waals surface area contributed by atoms with Gasteiger partial charge in [-0.3, -0.25) is 0 Å². The van der Waals surface area contributed by atoms with Crippen molar-refractivity contribution in [2.24, 2.45) is 0 Å². The number of ether oxygens (including phenoxy) is 1. The van der Waals surface area contributed by atoms with Crippen molar-refractivity contribution in [1.82, 2.24) is 0 Å². The van der Waals surface area contributed by atoms with Gasteiger partial charge in [0.2, 0.25) is 0 Å². The first-order valence-electron chi connectivity index (χ1n) is 3.34. The van der Waals surface area contributed by atoms with Crippen molar-refractivity contribution in [2.75, 3.05) is 7.11 Å². The van der Waals surface area contributed by atoms with E-state index in [1.165, 1.54) is 0 Å². The molecule has 0 unspecified atom stereocenters. The Kier molecular flexibility index (Phi) is 3.14. The van der Waals surface area contributed by atoms with Crippen molar-refractivity contribution in [3.63, 3.8) is 0 Å². The van der Waals surface area contributed by atoms with Crippen LogP contribution in [-0.4, -0.2) is 24.3 Å². The van der Waals surface area contributed by atoms with Crippen molar-refractivity contribution in [3.05, 3.63) is 22.7 Å². The second-order valence-corrected chi connectivity index (χ2v) is 3.12. The molecule has 5 heteroatoms. The summed E-state index contributed by atoms with van der Waals surface area (Å²) in [5.74, 6) is 0.666. The highest BCUT2D eigenvalue weighted by atomic mass is 79.9. The Morgan fingerprint density at radius 3 is 2.50 bits per heavy atom. The van der Waals surface area contributed by atoms with Crippen LogP contribution < -0.4 is 10.2 Å². The molecular weight excluding hydrogens is 223 g/mol. The van der Waals surface area contributed by atoms with Gasteiger partial charge in [0.05, 0.1) is 11.6 Å². The zero-order valence-electron chi connectivity index (χ0n) is 6.49. The third kappa shape index (κ3) is 2.00. The molecule has 64 valence electrons. The van der Waals surface area contributed by atoms with Crippen LogP contribution in [0.5, 0.6) is 5.75 Å². The summed E-state index contributed by atoms with van der Waals surface area (Å²) in [6, 6.07) is 4.86. The van der Waals surface area contributed by atoms with E-state index in [1.807, 2.05) is 0 Å². The van der Waals surface area contributed by atoms with Gasteiger partial charge >= 0.3 is 7.12 Å². The van der Waals surface area contributed by atoms with Crippen LogP contribution in [-0.2, 0) is 0 Å². The van der Waals surface area contributed by atoms with Crippen LogP contribution in [0.1, 0.15) is 0 Å². The van der Waals surface area contributed by atoms with Gasteiger partial charge in [-0.1, -0.05) is 6.07 Å². The van der Waals surface area contributed by atoms with Gasteiger partial charge in [-0.25, -0.2) is 0 Å². The van der Waals surface area contributed by atoms with E-state index in [1.54, 1.807) is 25.3 Å². The standard InChI is InChI=1S/C7H8BBrO3/c1-12-7-3-2-5(8(10)11)4-6(7)9/h2-4,10-11H,1H3. The second kappa shape index (κ2) is 3.93. The van der Waals surface area contributed by atoms with Gasteiger partial charge in [0.25, 0.3) is 0 Å². The molecule has 0 aliphatic rings. The number of rotatable bonds is 2. The van der Waals surface area contributed by atoms with E-state index in [2.05, 4.69) is 15.9 Å². The normalized spacial score (nSPS) is 9.67. The molecule has 0 atom stereocenters. The largest absolute Gasteiger partial charge is 0.496 e. The third-order valence-corrected chi connectivity index (χ3v) is 2.09. The zero-order chi connectivity index (χ0) is 9.14. The van der Waals surface area contributed by atoms with Crippen LogP contribution in [0.4, 0.5) is 0 Å². The Hall–Kier alpha value is -0.515. The predicted octanol–water partition coefficient (Wildman–Crippen LogP) is 0.137. The van der Waals surface area contributed by atoms with Gasteiger partial charge in [0.1, 0.15) is 5.75 Å². The van der Waals surface area contributed by atoms with E-state index in [9.17, 15) is 0 Å². The summed E-state index contributed by atoms with van der Waals surface area (Å²) < 4.78 is 5.67. The van der Waals surface area contributed by atoms with E-state index < -0.39 is 7.12 Å². The lowest BCUT2D eigenvalue weighted by Gasteiger charge is -2.04. The van der Waals surface area contributed by atoms with E-state index in [-0.39, 0.29) is 0 Å². The van der Waals surface area contributed by atoms with E-state index in [0.717, 1.165) is 0 Å². The van der Waals surface area contributed by atoms with E-state index in [0.29, 0.717) is 15.7 Å². The molecule has 0 saturated heterocycles. The van der Waals surface area contributed by atoms with Crippen LogP contribution in [0.15, 0.2) is 22.7 Å². The molecule has 0 aliphatic carbocycles. The third-order valence-electron chi connectivity index (χ3n) is 1.47. The van der Waals surface area contributed by atoms with Gasteiger partial charge < -0.3 is 14.8 Å². The fourth-order valence-corrected chi connectivity index (χ4v) is 1.40. The lowest BCUT2D eigenvalue weighted by Crippen LogP contribution is -2.29. The Morgan fingerprint density at radius 2 is 2.08 bits per heavy atom. The molecular formula is C7H8BBrO3. The predicted molar refractivity (Wildman–Crippen MR) is 50.5 cm³/mol. The Balaban J connectivity index is 3.02. The van der Waals surface area contributed by atoms with Crippen LogP contribution in [0.3, 0.4) is 0 Å². The van der Waals surface area contributed by atoms with Crippen LogP contribution >= 0.6 is 15.9 Å². The highest BCUT2D eigenvalue weighted by Gasteiger charge is 2.12. The first-order chi connectivity index (χ1) is 5.65. The molecule has 0 radical (unpaired) electrons. The fourth-order valence-electron chi connectivity index (χ4n) is 0.843. The summed E-state index contributed by atoms with van der Waals surface area (Å²) in [5.41, 5.74) is 0.433. The smallest absolute Gasteiger partial charge is 0.488 e. The van der Waals surface area contributed by atoms with Gasteiger partial charge in [-0.15, -0.1) is 0 Å². The summed E-state index contributed by atoms with van der Waals surface area (Å²) in [7, 11) is 0.113. The maximum atomic E-state index is 8.81. The van der Waals surface area contributed by atoms with E-state index in [4.69, 9.17) is 14.8 Å². The molecule has 0 bridgehead atoms. The summed E-state index contributed by atoms with van der Waals surface area (Å²) in [5, 5.41) is 17.6. The zero-order valence-corrected chi connectivity index (χ0v) is 8.08. The molecule has 12 heavy (non-hydrogen) atoms. The first-order valence-corrected chi connectivity index (χ1v) is 4.14. The van der Waals surface area contributed by atoms with Gasteiger partial charge in [0, 0.05) is 0 Å². The molecule has 0 saturated carbocycles. The Labute approximate surface area is 79.3 Å². The minimum Gasteiger partial charge on any atom is -0.496 e. The van der Waals surface area contributed by atoms with Crippen LogP contribution in [0, 0.1) is 0 Å². The molecule has 1 aromatic rings. The van der Waals surface area contributed by atoms with Crippen LogP contribution in [0.25, 0.3) is 0 Å². The van der Waals surface area contributed by atoms with Crippen LogP contribution in [0.2, 0.25) is 0 Å². The van der Waals surface area contributed by atoms with E-state index >= 15 is 0 Å².